The Morgan fingerprint density at radius 1 is 1.36 bits per heavy atom. The Kier molecular flexibility index (Phi) is 2.63. The number of aliphatic imine (C=N–C) groups is 1. The molecule has 1 aromatic rings. The van der Waals surface area contributed by atoms with Crippen LogP contribution >= 0.6 is 11.8 Å². The summed E-state index contributed by atoms with van der Waals surface area (Å²) in [5.74, 6) is 1.13. The molecule has 0 spiro atoms. The SMILES string of the molecule is CN1CCSC1=Nc1ccc(N)cc1. The van der Waals surface area contributed by atoms with Gasteiger partial charge in [-0.1, -0.05) is 11.8 Å². The molecule has 0 amide bonds. The molecule has 3 nitrogen and oxygen atoms in total. The average Bonchev–Trinajstić information content (AvgIpc) is 2.56. The summed E-state index contributed by atoms with van der Waals surface area (Å²) in [5, 5.41) is 1.09. The highest BCUT2D eigenvalue weighted by Gasteiger charge is 2.14. The van der Waals surface area contributed by atoms with Gasteiger partial charge in [-0.05, 0) is 24.3 Å². The van der Waals surface area contributed by atoms with Crippen LogP contribution in [0.25, 0.3) is 0 Å². The van der Waals surface area contributed by atoms with Crippen LogP contribution in [0, 0.1) is 0 Å². The number of rotatable bonds is 1. The number of hydrogen-bond donors (Lipinski definition) is 1. The molecule has 1 aliphatic heterocycles. The minimum atomic E-state index is 0.779. The van der Waals surface area contributed by atoms with E-state index in [2.05, 4.69) is 16.9 Å². The van der Waals surface area contributed by atoms with E-state index >= 15 is 0 Å². The zero-order chi connectivity index (χ0) is 9.97. The van der Waals surface area contributed by atoms with Gasteiger partial charge in [0.15, 0.2) is 5.17 Å². The van der Waals surface area contributed by atoms with Crippen LogP contribution in [-0.2, 0) is 0 Å². The molecule has 0 aliphatic carbocycles. The van der Waals surface area contributed by atoms with Crippen molar-refractivity contribution in [1.29, 1.82) is 0 Å². The van der Waals surface area contributed by atoms with Gasteiger partial charge in [-0.3, -0.25) is 0 Å². The number of hydrogen-bond acceptors (Lipinski definition) is 3. The molecule has 0 bridgehead atoms. The molecule has 2 N–H and O–H groups in total. The van der Waals surface area contributed by atoms with Gasteiger partial charge in [-0.25, -0.2) is 4.99 Å². The van der Waals surface area contributed by atoms with Gasteiger partial charge in [0.1, 0.15) is 0 Å². The van der Waals surface area contributed by atoms with Crippen molar-refractivity contribution in [1.82, 2.24) is 4.90 Å². The second-order valence-electron chi connectivity index (χ2n) is 3.26. The van der Waals surface area contributed by atoms with E-state index in [0.29, 0.717) is 0 Å². The number of nitrogens with zero attached hydrogens (tertiary/aromatic N) is 2. The molecule has 74 valence electrons. The summed E-state index contributed by atoms with van der Waals surface area (Å²) in [7, 11) is 2.07. The van der Waals surface area contributed by atoms with Crippen LogP contribution in [-0.4, -0.2) is 29.4 Å². The second kappa shape index (κ2) is 3.92. The monoisotopic (exact) mass is 207 g/mol. The van der Waals surface area contributed by atoms with E-state index < -0.39 is 0 Å². The highest BCUT2D eigenvalue weighted by molar-refractivity contribution is 8.14. The molecule has 0 unspecified atom stereocenters. The van der Waals surface area contributed by atoms with Gasteiger partial charge in [0.2, 0.25) is 0 Å². The molecule has 0 aromatic heterocycles. The Balaban J connectivity index is 2.20. The maximum absolute atomic E-state index is 5.60. The summed E-state index contributed by atoms with van der Waals surface area (Å²) in [6.07, 6.45) is 0. The standard InChI is InChI=1S/C10H13N3S/c1-13-6-7-14-10(13)12-9-4-2-8(11)3-5-9/h2-5H,6-7,11H2,1H3. The third-order valence-electron chi connectivity index (χ3n) is 2.10. The number of thioether (sulfide) groups is 1. The van der Waals surface area contributed by atoms with Crippen molar-refractivity contribution in [3.63, 3.8) is 0 Å². The molecule has 1 fully saturated rings. The molecule has 2 rings (SSSR count). The zero-order valence-electron chi connectivity index (χ0n) is 8.10. The molecule has 1 heterocycles. The first-order valence-electron chi connectivity index (χ1n) is 4.54. The molecule has 1 aliphatic rings. The quantitative estimate of drug-likeness (QED) is 0.715. The first kappa shape index (κ1) is 9.40. The van der Waals surface area contributed by atoms with E-state index in [1.165, 1.54) is 0 Å². The topological polar surface area (TPSA) is 41.6 Å². The smallest absolute Gasteiger partial charge is 0.164 e. The van der Waals surface area contributed by atoms with Crippen molar-refractivity contribution >= 4 is 28.3 Å². The van der Waals surface area contributed by atoms with Crippen molar-refractivity contribution in [2.24, 2.45) is 4.99 Å². The Labute approximate surface area is 88.0 Å². The van der Waals surface area contributed by atoms with Crippen molar-refractivity contribution in [3.8, 4) is 0 Å². The van der Waals surface area contributed by atoms with Crippen LogP contribution in [0.3, 0.4) is 0 Å². The van der Waals surface area contributed by atoms with Crippen molar-refractivity contribution in [2.75, 3.05) is 25.1 Å². The third kappa shape index (κ3) is 2.01. The molecule has 4 heteroatoms. The first-order chi connectivity index (χ1) is 6.75. The van der Waals surface area contributed by atoms with Gasteiger partial charge >= 0.3 is 0 Å². The van der Waals surface area contributed by atoms with E-state index in [1.54, 1.807) is 11.8 Å². The zero-order valence-corrected chi connectivity index (χ0v) is 8.92. The van der Waals surface area contributed by atoms with Crippen LogP contribution in [0.2, 0.25) is 0 Å². The van der Waals surface area contributed by atoms with Gasteiger partial charge in [-0.15, -0.1) is 0 Å². The van der Waals surface area contributed by atoms with Crippen LogP contribution < -0.4 is 5.73 Å². The molecular weight excluding hydrogens is 194 g/mol. The lowest BCUT2D eigenvalue weighted by Crippen LogP contribution is -2.17. The summed E-state index contributed by atoms with van der Waals surface area (Å²) in [6.45, 7) is 1.08. The van der Waals surface area contributed by atoms with Crippen molar-refractivity contribution in [3.05, 3.63) is 24.3 Å². The molecule has 1 saturated heterocycles. The van der Waals surface area contributed by atoms with Crippen molar-refractivity contribution < 1.29 is 0 Å². The highest BCUT2D eigenvalue weighted by Crippen LogP contribution is 2.21. The maximum atomic E-state index is 5.60. The van der Waals surface area contributed by atoms with E-state index in [-0.39, 0.29) is 0 Å². The minimum Gasteiger partial charge on any atom is -0.399 e. The molecule has 0 atom stereocenters. The average molecular weight is 207 g/mol. The number of nitrogen functional groups attached to an aromatic ring is 1. The highest BCUT2D eigenvalue weighted by atomic mass is 32.2. The lowest BCUT2D eigenvalue weighted by atomic mass is 10.3. The fraction of sp³-hybridized carbons (Fsp3) is 0.300. The second-order valence-corrected chi connectivity index (χ2v) is 4.32. The normalized spacial score (nSPS) is 19.2. The summed E-state index contributed by atoms with van der Waals surface area (Å²) < 4.78 is 0. The molecule has 0 radical (unpaired) electrons. The van der Waals surface area contributed by atoms with Gasteiger partial charge in [0.05, 0.1) is 5.69 Å². The Hall–Kier alpha value is -1.16. The summed E-state index contributed by atoms with van der Waals surface area (Å²) in [5.41, 5.74) is 7.35. The van der Waals surface area contributed by atoms with Crippen LogP contribution in [0.5, 0.6) is 0 Å². The van der Waals surface area contributed by atoms with E-state index in [4.69, 9.17) is 5.73 Å². The fourth-order valence-corrected chi connectivity index (χ4v) is 2.29. The van der Waals surface area contributed by atoms with Crippen LogP contribution in [0.4, 0.5) is 11.4 Å². The van der Waals surface area contributed by atoms with E-state index in [9.17, 15) is 0 Å². The van der Waals surface area contributed by atoms with E-state index in [1.807, 2.05) is 24.3 Å². The lowest BCUT2D eigenvalue weighted by Gasteiger charge is -2.09. The molecule has 14 heavy (non-hydrogen) atoms. The van der Waals surface area contributed by atoms with Crippen LogP contribution in [0.1, 0.15) is 0 Å². The summed E-state index contributed by atoms with van der Waals surface area (Å²) >= 11 is 1.79. The van der Waals surface area contributed by atoms with Gasteiger partial charge < -0.3 is 10.6 Å². The van der Waals surface area contributed by atoms with Crippen molar-refractivity contribution in [2.45, 2.75) is 0 Å². The Morgan fingerprint density at radius 3 is 2.64 bits per heavy atom. The maximum Gasteiger partial charge on any atom is 0.164 e. The number of nitrogens with two attached hydrogens (primary N) is 1. The first-order valence-corrected chi connectivity index (χ1v) is 5.52. The Bertz CT molecular complexity index is 345. The van der Waals surface area contributed by atoms with Gasteiger partial charge in [0, 0.05) is 25.0 Å². The summed E-state index contributed by atoms with van der Waals surface area (Å²) in [4.78, 5) is 6.70. The number of anilines is 1. The fourth-order valence-electron chi connectivity index (χ4n) is 1.26. The van der Waals surface area contributed by atoms with Gasteiger partial charge in [0.25, 0.3) is 0 Å². The van der Waals surface area contributed by atoms with Gasteiger partial charge in [-0.2, -0.15) is 0 Å². The predicted molar refractivity (Wildman–Crippen MR) is 63.0 cm³/mol. The molecular formula is C10H13N3S. The number of benzene rings is 1. The Morgan fingerprint density at radius 2 is 2.07 bits per heavy atom. The summed E-state index contributed by atoms with van der Waals surface area (Å²) in [6, 6.07) is 7.63. The molecule has 1 aromatic carbocycles. The minimum absolute atomic E-state index is 0.779. The van der Waals surface area contributed by atoms with E-state index in [0.717, 1.165) is 28.8 Å². The third-order valence-corrected chi connectivity index (χ3v) is 3.15. The molecule has 0 saturated carbocycles. The largest absolute Gasteiger partial charge is 0.399 e. The number of amidine groups is 1. The van der Waals surface area contributed by atoms with Crippen LogP contribution in [0.15, 0.2) is 29.3 Å². The lowest BCUT2D eigenvalue weighted by molar-refractivity contribution is 0.563. The predicted octanol–water partition coefficient (Wildman–Crippen LogP) is 1.93.